The highest BCUT2D eigenvalue weighted by Gasteiger charge is 2.29. The summed E-state index contributed by atoms with van der Waals surface area (Å²) < 4.78 is 32.2. The second-order valence-electron chi connectivity index (χ2n) is 11.0. The Morgan fingerprint density at radius 2 is 0.667 bits per heavy atom. The van der Waals surface area contributed by atoms with Crippen molar-refractivity contribution < 1.29 is 28.4 Å². The van der Waals surface area contributed by atoms with Crippen LogP contribution in [0.5, 0.6) is 0 Å². The molecule has 0 spiro atoms. The zero-order chi connectivity index (χ0) is 31.4. The molecule has 2 atom stereocenters. The molecule has 0 rings (SSSR count). The van der Waals surface area contributed by atoms with Crippen molar-refractivity contribution >= 4 is 41.2 Å². The van der Waals surface area contributed by atoms with Crippen LogP contribution in [-0.4, -0.2) is 65.1 Å². The van der Waals surface area contributed by atoms with Crippen LogP contribution < -0.4 is 0 Å². The Morgan fingerprint density at radius 3 is 0.929 bits per heavy atom. The molecule has 0 aromatic carbocycles. The number of ether oxygens (including phenoxy) is 6. The van der Waals surface area contributed by atoms with Gasteiger partial charge in [-0.15, -0.1) is 0 Å². The van der Waals surface area contributed by atoms with Gasteiger partial charge in [-0.1, -0.05) is 112 Å². The maximum atomic E-state index is 5.37. The van der Waals surface area contributed by atoms with Crippen LogP contribution in [0, 0.1) is 0 Å². The second-order valence-corrected chi connectivity index (χ2v) is 17.4. The van der Waals surface area contributed by atoms with Gasteiger partial charge in [-0.25, -0.2) is 0 Å². The van der Waals surface area contributed by atoms with Gasteiger partial charge in [0.05, 0.1) is 0 Å². The van der Waals surface area contributed by atoms with Crippen LogP contribution in [0.25, 0.3) is 0 Å². The first-order valence-corrected chi connectivity index (χ1v) is 21.3. The van der Waals surface area contributed by atoms with E-state index in [9.17, 15) is 0 Å². The molecule has 0 saturated heterocycles. The van der Waals surface area contributed by atoms with E-state index < -0.39 is 11.9 Å². The summed E-state index contributed by atoms with van der Waals surface area (Å²) in [5, 5.41) is 1.56. The zero-order valence-corrected chi connectivity index (χ0v) is 31.6. The Kier molecular flexibility index (Phi) is 30.4. The lowest BCUT2D eigenvalue weighted by atomic mass is 10.1. The molecule has 0 saturated carbocycles. The largest absolute Gasteiger partial charge is 0.331 e. The number of hydrogen-bond acceptors (Lipinski definition) is 10. The average molecular weight is 675 g/mol. The first-order valence-electron chi connectivity index (χ1n) is 16.4. The Bertz CT molecular complexity index is 503. The van der Waals surface area contributed by atoms with E-state index in [0.29, 0.717) is 0 Å². The van der Waals surface area contributed by atoms with Crippen molar-refractivity contribution in [2.24, 2.45) is 0 Å². The molecule has 0 amide bonds. The summed E-state index contributed by atoms with van der Waals surface area (Å²) in [6.45, 7) is 4.69. The van der Waals surface area contributed by atoms with Gasteiger partial charge in [0.25, 0.3) is 11.9 Å². The molecule has 0 N–H and O–H groups in total. The van der Waals surface area contributed by atoms with Gasteiger partial charge in [0.1, 0.15) is 0 Å². The molecule has 0 radical (unpaired) electrons. The fraction of sp³-hybridized carbons (Fsp3) is 1.00. The van der Waals surface area contributed by atoms with Gasteiger partial charge >= 0.3 is 0 Å². The first-order chi connectivity index (χ1) is 20.4. The minimum atomic E-state index is -0.866. The van der Waals surface area contributed by atoms with Gasteiger partial charge in [-0.05, 0) is 58.2 Å². The van der Waals surface area contributed by atoms with Gasteiger partial charge in [0.2, 0.25) is 0 Å². The van der Waals surface area contributed by atoms with Gasteiger partial charge in [-0.3, -0.25) is 0 Å². The molecule has 0 aromatic rings. The lowest BCUT2D eigenvalue weighted by molar-refractivity contribution is -0.355. The van der Waals surface area contributed by atoms with E-state index in [4.69, 9.17) is 28.4 Å². The van der Waals surface area contributed by atoms with E-state index in [2.05, 4.69) is 35.4 Å². The Morgan fingerprint density at radius 1 is 0.405 bits per heavy atom. The van der Waals surface area contributed by atoms with Crippen LogP contribution >= 0.6 is 41.2 Å². The van der Waals surface area contributed by atoms with Crippen molar-refractivity contribution in [1.82, 2.24) is 0 Å². The number of hydrogen-bond donors (Lipinski definition) is 0. The van der Waals surface area contributed by atoms with Crippen LogP contribution in [0.2, 0.25) is 0 Å². The van der Waals surface area contributed by atoms with Crippen LogP contribution in [0.15, 0.2) is 0 Å². The lowest BCUT2D eigenvalue weighted by Gasteiger charge is -2.28. The third-order valence-corrected chi connectivity index (χ3v) is 15.8. The van der Waals surface area contributed by atoms with Crippen molar-refractivity contribution in [2.75, 3.05) is 42.7 Å². The highest BCUT2D eigenvalue weighted by Crippen LogP contribution is 2.49. The first kappa shape index (κ1) is 43.2. The maximum Gasteiger partial charge on any atom is 0.282 e. The molecule has 6 nitrogen and oxygen atoms in total. The molecule has 0 aliphatic rings. The van der Waals surface area contributed by atoms with Gasteiger partial charge in [0, 0.05) is 66.0 Å². The van der Waals surface area contributed by atoms with Gasteiger partial charge in [0.15, 0.2) is 0 Å². The summed E-state index contributed by atoms with van der Waals surface area (Å²) in [6.07, 6.45) is 24.7. The van der Waals surface area contributed by atoms with E-state index >= 15 is 0 Å². The smallest absolute Gasteiger partial charge is 0.282 e. The van der Waals surface area contributed by atoms with E-state index in [1.807, 2.05) is 19.7 Å². The predicted molar refractivity (Wildman–Crippen MR) is 189 cm³/mol. The highest BCUT2D eigenvalue weighted by atomic mass is 33.7. The molecule has 0 bridgehead atoms. The normalized spacial score (nSPS) is 14.0. The molecule has 0 heterocycles. The molecular weight excluding hydrogens is 609 g/mol. The molecule has 0 aliphatic heterocycles. The van der Waals surface area contributed by atoms with Crippen molar-refractivity contribution in [2.45, 2.75) is 165 Å². The Labute approximate surface area is 275 Å². The third-order valence-electron chi connectivity index (χ3n) is 8.17. The van der Waals surface area contributed by atoms with E-state index in [0.717, 1.165) is 36.2 Å². The lowest BCUT2D eigenvalue weighted by Crippen LogP contribution is -2.35. The second kappa shape index (κ2) is 29.6. The van der Waals surface area contributed by atoms with Gasteiger partial charge < -0.3 is 28.4 Å². The molecule has 254 valence electrons. The highest BCUT2D eigenvalue weighted by molar-refractivity contribution is 9.26. The van der Waals surface area contributed by atoms with E-state index in [-0.39, 0.29) is 0 Å². The van der Waals surface area contributed by atoms with Crippen molar-refractivity contribution in [3.05, 3.63) is 0 Å². The number of unbranched alkanes of at least 4 members (excludes halogenated alkanes) is 12. The summed E-state index contributed by atoms with van der Waals surface area (Å²) in [5.41, 5.74) is 0. The van der Waals surface area contributed by atoms with Crippen molar-refractivity contribution in [3.8, 4) is 0 Å². The number of rotatable bonds is 33. The molecule has 10 heteroatoms. The standard InChI is InChI=1S/C32H66O6S4/c1-9-29(25-21-17-13-11-15-19-23-27-31(33-3,34-4)35-5)39-41-42-40-30(10-2)26-22-18-14-12-16-20-24-28-32(36-6,37-7)38-8/h29-30H,9-28H2,1-8H3. The summed E-state index contributed by atoms with van der Waals surface area (Å²) >= 11 is 0. The topological polar surface area (TPSA) is 55.4 Å². The molecule has 0 fully saturated rings. The average Bonchev–Trinajstić information content (AvgIpc) is 3.03. The van der Waals surface area contributed by atoms with Gasteiger partial charge in [-0.2, -0.15) is 0 Å². The maximum absolute atomic E-state index is 5.37. The summed E-state index contributed by atoms with van der Waals surface area (Å²) in [6, 6.07) is 0. The van der Waals surface area contributed by atoms with Crippen LogP contribution in [0.3, 0.4) is 0 Å². The minimum absolute atomic E-state index is 0.780. The van der Waals surface area contributed by atoms with Crippen LogP contribution in [0.1, 0.15) is 142 Å². The molecule has 0 aromatic heterocycles. The van der Waals surface area contributed by atoms with Crippen LogP contribution in [-0.2, 0) is 28.4 Å². The Balaban J connectivity index is 3.73. The minimum Gasteiger partial charge on any atom is -0.331 e. The van der Waals surface area contributed by atoms with Crippen molar-refractivity contribution in [1.29, 1.82) is 0 Å². The molecular formula is C32H66O6S4. The fourth-order valence-corrected chi connectivity index (χ4v) is 12.7. The Hall–Kier alpha value is 1.16. The number of methoxy groups -OCH3 is 6. The SMILES string of the molecule is CCC(CCCCCCCCCC(OC)(OC)OC)SSSSC(CC)CCCCCCCCCC(OC)(OC)OC. The summed E-state index contributed by atoms with van der Waals surface area (Å²) in [7, 11) is 18.1. The predicted octanol–water partition coefficient (Wildman–Crippen LogP) is 11.4. The summed E-state index contributed by atoms with van der Waals surface area (Å²) in [5.74, 6) is -1.73. The van der Waals surface area contributed by atoms with Crippen molar-refractivity contribution in [3.63, 3.8) is 0 Å². The quantitative estimate of drug-likeness (QED) is 0.0382. The van der Waals surface area contributed by atoms with E-state index in [1.54, 1.807) is 42.7 Å². The fourth-order valence-electron chi connectivity index (χ4n) is 5.09. The monoisotopic (exact) mass is 674 g/mol. The summed E-state index contributed by atoms with van der Waals surface area (Å²) in [4.78, 5) is 0. The third kappa shape index (κ3) is 21.0. The van der Waals surface area contributed by atoms with E-state index in [1.165, 1.54) is 103 Å². The van der Waals surface area contributed by atoms with Crippen LogP contribution in [0.4, 0.5) is 0 Å². The zero-order valence-electron chi connectivity index (χ0n) is 28.4. The molecule has 2 unspecified atom stereocenters. The molecule has 42 heavy (non-hydrogen) atoms. The molecule has 0 aliphatic carbocycles.